The van der Waals surface area contributed by atoms with Crippen molar-refractivity contribution in [3.8, 4) is 11.8 Å². The Labute approximate surface area is 118 Å². The Morgan fingerprint density at radius 1 is 1.05 bits per heavy atom. The third-order valence-electron chi connectivity index (χ3n) is 3.29. The topological polar surface area (TPSA) is 50.3 Å². The number of hydrogen-bond donors (Lipinski definition) is 1. The van der Waals surface area contributed by atoms with Gasteiger partial charge in [0.1, 0.15) is 5.75 Å². The molecular formula is C15H18N4O. The number of aryl methyl sites for hydroxylation is 1. The number of hydrogen-bond acceptors (Lipinski definition) is 5. The normalized spacial score (nSPS) is 15.2. The van der Waals surface area contributed by atoms with Crippen molar-refractivity contribution in [2.75, 3.05) is 31.1 Å². The van der Waals surface area contributed by atoms with Crippen LogP contribution >= 0.6 is 0 Å². The number of ether oxygens (including phenoxy) is 1. The molecule has 1 aromatic carbocycles. The highest BCUT2D eigenvalue weighted by atomic mass is 16.5. The monoisotopic (exact) mass is 270 g/mol. The van der Waals surface area contributed by atoms with Crippen molar-refractivity contribution >= 4 is 5.69 Å². The van der Waals surface area contributed by atoms with Crippen molar-refractivity contribution in [2.24, 2.45) is 0 Å². The lowest BCUT2D eigenvalue weighted by atomic mass is 10.2. The van der Waals surface area contributed by atoms with Crippen molar-refractivity contribution < 1.29 is 4.74 Å². The number of rotatable bonds is 3. The number of aromatic nitrogens is 2. The molecule has 0 radical (unpaired) electrons. The summed E-state index contributed by atoms with van der Waals surface area (Å²) in [5.74, 6) is 0.757. The van der Waals surface area contributed by atoms with E-state index in [1.807, 2.05) is 19.1 Å². The summed E-state index contributed by atoms with van der Waals surface area (Å²) in [4.78, 5) is 10.6. The molecule has 0 unspecified atom stereocenters. The van der Waals surface area contributed by atoms with Gasteiger partial charge in [0.25, 0.3) is 0 Å². The van der Waals surface area contributed by atoms with Crippen LogP contribution in [0.4, 0.5) is 5.69 Å². The van der Waals surface area contributed by atoms with Gasteiger partial charge in [0.15, 0.2) is 0 Å². The van der Waals surface area contributed by atoms with Crippen molar-refractivity contribution in [1.29, 1.82) is 0 Å². The van der Waals surface area contributed by atoms with Crippen LogP contribution in [-0.4, -0.2) is 36.1 Å². The Hall–Kier alpha value is -2.14. The summed E-state index contributed by atoms with van der Waals surface area (Å²) in [6.07, 6.45) is 3.49. The van der Waals surface area contributed by atoms with Gasteiger partial charge < -0.3 is 15.0 Å². The Bertz CT molecular complexity index is 547. The number of benzene rings is 1. The van der Waals surface area contributed by atoms with Gasteiger partial charge in [0.2, 0.25) is 0 Å². The van der Waals surface area contributed by atoms with Crippen LogP contribution in [0.1, 0.15) is 5.56 Å². The van der Waals surface area contributed by atoms with Crippen molar-refractivity contribution in [3.63, 3.8) is 0 Å². The first-order valence-electron chi connectivity index (χ1n) is 6.83. The molecule has 0 saturated carbocycles. The fourth-order valence-electron chi connectivity index (χ4n) is 2.19. The second-order valence-corrected chi connectivity index (χ2v) is 4.88. The second kappa shape index (κ2) is 5.88. The molecule has 104 valence electrons. The van der Waals surface area contributed by atoms with Gasteiger partial charge in [-0.05, 0) is 36.8 Å². The molecular weight excluding hydrogens is 252 g/mol. The van der Waals surface area contributed by atoms with Gasteiger partial charge >= 0.3 is 6.01 Å². The number of nitrogens with zero attached hydrogens (tertiary/aromatic N) is 3. The molecule has 0 bridgehead atoms. The predicted octanol–water partition coefficient (Wildman–Crippen LogP) is 1.99. The summed E-state index contributed by atoms with van der Waals surface area (Å²) in [5.41, 5.74) is 2.25. The molecule has 1 N–H and O–H groups in total. The standard InChI is InChI=1S/C15H18N4O/c1-12-10-17-15(18-11-12)20-14-4-2-13(3-5-14)19-8-6-16-7-9-19/h2-5,10-11,16H,6-9H2,1H3. The fourth-order valence-corrected chi connectivity index (χ4v) is 2.19. The summed E-state index contributed by atoms with van der Waals surface area (Å²) >= 11 is 0. The molecule has 2 heterocycles. The SMILES string of the molecule is Cc1cnc(Oc2ccc(N3CCNCC3)cc2)nc1. The summed E-state index contributed by atoms with van der Waals surface area (Å²) in [5, 5.41) is 3.35. The van der Waals surface area contributed by atoms with E-state index in [2.05, 4.69) is 32.3 Å². The van der Waals surface area contributed by atoms with E-state index in [-0.39, 0.29) is 0 Å². The summed E-state index contributed by atoms with van der Waals surface area (Å²) in [6.45, 7) is 6.11. The van der Waals surface area contributed by atoms with E-state index in [9.17, 15) is 0 Å². The van der Waals surface area contributed by atoms with Crippen LogP contribution in [0.2, 0.25) is 0 Å². The lowest BCUT2D eigenvalue weighted by molar-refractivity contribution is 0.441. The number of anilines is 1. The Morgan fingerprint density at radius 2 is 1.70 bits per heavy atom. The van der Waals surface area contributed by atoms with E-state index in [0.29, 0.717) is 6.01 Å². The Balaban J connectivity index is 1.67. The first-order valence-corrected chi connectivity index (χ1v) is 6.83. The summed E-state index contributed by atoms with van der Waals surface area (Å²) in [7, 11) is 0. The predicted molar refractivity (Wildman–Crippen MR) is 78.4 cm³/mol. The van der Waals surface area contributed by atoms with Crippen LogP contribution in [-0.2, 0) is 0 Å². The van der Waals surface area contributed by atoms with Crippen LogP contribution in [0.25, 0.3) is 0 Å². The fraction of sp³-hybridized carbons (Fsp3) is 0.333. The molecule has 0 aliphatic carbocycles. The van der Waals surface area contributed by atoms with Gasteiger partial charge in [-0.15, -0.1) is 0 Å². The van der Waals surface area contributed by atoms with Crippen molar-refractivity contribution in [1.82, 2.24) is 15.3 Å². The minimum absolute atomic E-state index is 0.380. The second-order valence-electron chi connectivity index (χ2n) is 4.88. The van der Waals surface area contributed by atoms with E-state index in [4.69, 9.17) is 4.74 Å². The molecule has 5 nitrogen and oxygen atoms in total. The maximum atomic E-state index is 5.62. The van der Waals surface area contributed by atoms with Gasteiger partial charge in [0.05, 0.1) is 0 Å². The zero-order chi connectivity index (χ0) is 13.8. The van der Waals surface area contributed by atoms with E-state index < -0.39 is 0 Å². The molecule has 1 aromatic heterocycles. The van der Waals surface area contributed by atoms with Gasteiger partial charge in [-0.1, -0.05) is 0 Å². The van der Waals surface area contributed by atoms with E-state index in [1.54, 1.807) is 12.4 Å². The van der Waals surface area contributed by atoms with Crippen LogP contribution in [0.15, 0.2) is 36.7 Å². The van der Waals surface area contributed by atoms with Gasteiger partial charge in [-0.3, -0.25) is 0 Å². The maximum Gasteiger partial charge on any atom is 0.321 e. The maximum absolute atomic E-state index is 5.62. The number of nitrogens with one attached hydrogen (secondary N) is 1. The highest BCUT2D eigenvalue weighted by Gasteiger charge is 2.10. The zero-order valence-electron chi connectivity index (χ0n) is 11.5. The molecule has 2 aromatic rings. The van der Waals surface area contributed by atoms with Gasteiger partial charge in [0, 0.05) is 44.3 Å². The summed E-state index contributed by atoms with van der Waals surface area (Å²) < 4.78 is 5.62. The minimum atomic E-state index is 0.380. The molecule has 3 rings (SSSR count). The van der Waals surface area contributed by atoms with Crippen LogP contribution in [0.3, 0.4) is 0 Å². The average molecular weight is 270 g/mol. The minimum Gasteiger partial charge on any atom is -0.424 e. The van der Waals surface area contributed by atoms with Crippen LogP contribution < -0.4 is 15.0 Å². The molecule has 1 saturated heterocycles. The van der Waals surface area contributed by atoms with Crippen LogP contribution in [0.5, 0.6) is 11.8 Å². The highest BCUT2D eigenvalue weighted by Crippen LogP contribution is 2.22. The van der Waals surface area contributed by atoms with Crippen LogP contribution in [0, 0.1) is 6.92 Å². The Morgan fingerprint density at radius 3 is 2.35 bits per heavy atom. The first kappa shape index (κ1) is 12.9. The summed E-state index contributed by atoms with van der Waals surface area (Å²) in [6, 6.07) is 8.45. The highest BCUT2D eigenvalue weighted by molar-refractivity contribution is 5.49. The molecule has 1 fully saturated rings. The lowest BCUT2D eigenvalue weighted by Gasteiger charge is -2.29. The molecule has 0 atom stereocenters. The molecule has 5 heteroatoms. The molecule has 1 aliphatic rings. The van der Waals surface area contributed by atoms with E-state index >= 15 is 0 Å². The quantitative estimate of drug-likeness (QED) is 0.924. The molecule has 1 aliphatic heterocycles. The third kappa shape index (κ3) is 3.05. The van der Waals surface area contributed by atoms with Gasteiger partial charge in [-0.25, -0.2) is 9.97 Å². The molecule has 20 heavy (non-hydrogen) atoms. The molecule has 0 spiro atoms. The van der Waals surface area contributed by atoms with Crippen molar-refractivity contribution in [2.45, 2.75) is 6.92 Å². The third-order valence-corrected chi connectivity index (χ3v) is 3.29. The van der Waals surface area contributed by atoms with E-state index in [0.717, 1.165) is 37.5 Å². The largest absolute Gasteiger partial charge is 0.424 e. The first-order chi connectivity index (χ1) is 9.81. The Kier molecular flexibility index (Phi) is 3.78. The van der Waals surface area contributed by atoms with E-state index in [1.165, 1.54) is 5.69 Å². The average Bonchev–Trinajstić information content (AvgIpc) is 2.51. The molecule has 0 amide bonds. The van der Waals surface area contributed by atoms with Gasteiger partial charge in [-0.2, -0.15) is 0 Å². The number of piperazine rings is 1. The smallest absolute Gasteiger partial charge is 0.321 e. The zero-order valence-corrected chi connectivity index (χ0v) is 11.5. The van der Waals surface area contributed by atoms with Crippen molar-refractivity contribution in [3.05, 3.63) is 42.2 Å². The lowest BCUT2D eigenvalue weighted by Crippen LogP contribution is -2.43.